The topological polar surface area (TPSA) is 64.9 Å². The van der Waals surface area contributed by atoms with E-state index in [9.17, 15) is 4.79 Å². The van der Waals surface area contributed by atoms with E-state index in [1.807, 2.05) is 18.3 Å². The molecule has 0 spiro atoms. The standard InChI is InChI=1S/C17H16BrN3O3/c1-10-16(21-9-11(18)4-7-15(21)19-10)17(22)20-13-8-12(23-2)5-6-14(13)24-3/h4-9H,1-3H3,(H,20,22). The molecule has 0 bridgehead atoms. The van der Waals surface area contributed by atoms with Crippen LogP contribution < -0.4 is 14.8 Å². The summed E-state index contributed by atoms with van der Waals surface area (Å²) >= 11 is 3.42. The summed E-state index contributed by atoms with van der Waals surface area (Å²) < 4.78 is 13.1. The third-order valence-electron chi connectivity index (χ3n) is 3.63. The van der Waals surface area contributed by atoms with Gasteiger partial charge < -0.3 is 14.8 Å². The molecule has 0 aliphatic heterocycles. The summed E-state index contributed by atoms with van der Waals surface area (Å²) in [5.41, 5.74) is 2.35. The number of methoxy groups -OCH3 is 2. The number of rotatable bonds is 4. The summed E-state index contributed by atoms with van der Waals surface area (Å²) in [6.45, 7) is 1.80. The first-order valence-corrected chi connectivity index (χ1v) is 8.00. The predicted molar refractivity (Wildman–Crippen MR) is 95.1 cm³/mol. The third-order valence-corrected chi connectivity index (χ3v) is 4.10. The van der Waals surface area contributed by atoms with Gasteiger partial charge in [-0.3, -0.25) is 9.20 Å². The van der Waals surface area contributed by atoms with Gasteiger partial charge in [0.1, 0.15) is 22.8 Å². The van der Waals surface area contributed by atoms with Crippen molar-refractivity contribution in [3.63, 3.8) is 0 Å². The number of pyridine rings is 1. The van der Waals surface area contributed by atoms with Crippen LogP contribution in [0.1, 0.15) is 16.2 Å². The molecular weight excluding hydrogens is 374 g/mol. The Kier molecular flexibility index (Phi) is 4.44. The molecule has 6 nitrogen and oxygen atoms in total. The largest absolute Gasteiger partial charge is 0.497 e. The SMILES string of the molecule is COc1ccc(OC)c(NC(=O)c2c(C)nc3ccc(Br)cn23)c1. The quantitative estimate of drug-likeness (QED) is 0.738. The van der Waals surface area contributed by atoms with E-state index in [1.165, 1.54) is 0 Å². The van der Waals surface area contributed by atoms with Gasteiger partial charge >= 0.3 is 0 Å². The molecule has 24 heavy (non-hydrogen) atoms. The lowest BCUT2D eigenvalue weighted by Gasteiger charge is -2.12. The second-order valence-electron chi connectivity index (χ2n) is 5.14. The second kappa shape index (κ2) is 6.52. The predicted octanol–water partition coefficient (Wildman–Crippen LogP) is 3.67. The number of hydrogen-bond donors (Lipinski definition) is 1. The first kappa shape index (κ1) is 16.3. The Bertz CT molecular complexity index is 921. The highest BCUT2D eigenvalue weighted by Crippen LogP contribution is 2.29. The van der Waals surface area contributed by atoms with Gasteiger partial charge in [0, 0.05) is 16.7 Å². The van der Waals surface area contributed by atoms with Crippen molar-refractivity contribution in [1.82, 2.24) is 9.38 Å². The van der Waals surface area contributed by atoms with Crippen molar-refractivity contribution >= 4 is 33.2 Å². The Hall–Kier alpha value is -2.54. The highest BCUT2D eigenvalue weighted by Gasteiger charge is 2.18. The minimum Gasteiger partial charge on any atom is -0.497 e. The maximum atomic E-state index is 12.8. The first-order valence-electron chi connectivity index (χ1n) is 7.21. The molecule has 1 amide bonds. The molecule has 124 valence electrons. The van der Waals surface area contributed by atoms with Gasteiger partial charge in [0.05, 0.1) is 25.6 Å². The zero-order valence-corrected chi connectivity index (χ0v) is 15.0. The van der Waals surface area contributed by atoms with Gasteiger partial charge in [0.2, 0.25) is 0 Å². The molecule has 0 aliphatic rings. The number of benzene rings is 1. The molecule has 7 heteroatoms. The zero-order valence-electron chi connectivity index (χ0n) is 13.5. The Labute approximate surface area is 147 Å². The molecule has 0 unspecified atom stereocenters. The highest BCUT2D eigenvalue weighted by atomic mass is 79.9. The van der Waals surface area contributed by atoms with E-state index in [1.54, 1.807) is 43.7 Å². The minimum atomic E-state index is -0.273. The van der Waals surface area contributed by atoms with Crippen molar-refractivity contribution in [3.05, 3.63) is 52.4 Å². The monoisotopic (exact) mass is 389 g/mol. The summed E-state index contributed by atoms with van der Waals surface area (Å²) in [6, 6.07) is 8.96. The number of imidazole rings is 1. The van der Waals surface area contributed by atoms with Crippen LogP contribution in [0.2, 0.25) is 0 Å². The number of amides is 1. The Morgan fingerprint density at radius 3 is 2.71 bits per heavy atom. The van der Waals surface area contributed by atoms with Crippen molar-refractivity contribution in [2.24, 2.45) is 0 Å². The highest BCUT2D eigenvalue weighted by molar-refractivity contribution is 9.10. The molecule has 0 saturated heterocycles. The normalized spacial score (nSPS) is 10.7. The third kappa shape index (κ3) is 2.94. The molecule has 0 fully saturated rings. The van der Waals surface area contributed by atoms with Crippen molar-refractivity contribution in [2.45, 2.75) is 6.92 Å². The van der Waals surface area contributed by atoms with E-state index in [-0.39, 0.29) is 5.91 Å². The van der Waals surface area contributed by atoms with Gasteiger partial charge in [-0.1, -0.05) is 0 Å². The van der Waals surface area contributed by atoms with Crippen LogP contribution >= 0.6 is 15.9 Å². The fraction of sp³-hybridized carbons (Fsp3) is 0.176. The van der Waals surface area contributed by atoms with Gasteiger partial charge in [0.25, 0.3) is 5.91 Å². The fourth-order valence-corrected chi connectivity index (χ4v) is 2.84. The number of nitrogens with zero attached hydrogens (tertiary/aromatic N) is 2. The lowest BCUT2D eigenvalue weighted by molar-refractivity contribution is 0.102. The van der Waals surface area contributed by atoms with Gasteiger partial charge in [-0.25, -0.2) is 4.98 Å². The van der Waals surface area contributed by atoms with Gasteiger partial charge in [-0.2, -0.15) is 0 Å². The molecule has 0 aliphatic carbocycles. The van der Waals surface area contributed by atoms with Crippen LogP contribution in [0.15, 0.2) is 41.0 Å². The van der Waals surface area contributed by atoms with E-state index < -0.39 is 0 Å². The molecule has 3 rings (SSSR count). The van der Waals surface area contributed by atoms with Crippen LogP contribution in [0.4, 0.5) is 5.69 Å². The molecule has 3 aromatic rings. The number of hydrogen-bond acceptors (Lipinski definition) is 4. The van der Waals surface area contributed by atoms with Crippen molar-refractivity contribution < 1.29 is 14.3 Å². The summed E-state index contributed by atoms with van der Waals surface area (Å²) in [5.74, 6) is 0.908. The van der Waals surface area contributed by atoms with Gasteiger partial charge in [-0.15, -0.1) is 0 Å². The van der Waals surface area contributed by atoms with Gasteiger partial charge in [-0.05, 0) is 47.1 Å². The lowest BCUT2D eigenvalue weighted by Crippen LogP contribution is -2.16. The minimum absolute atomic E-state index is 0.273. The molecule has 0 radical (unpaired) electrons. The molecule has 2 aromatic heterocycles. The Morgan fingerprint density at radius 1 is 1.21 bits per heavy atom. The van der Waals surface area contributed by atoms with Gasteiger partial charge in [0.15, 0.2) is 0 Å². The molecule has 0 saturated carbocycles. The number of nitrogens with one attached hydrogen (secondary N) is 1. The Balaban J connectivity index is 2.02. The van der Waals surface area contributed by atoms with Crippen LogP contribution in [0.25, 0.3) is 5.65 Å². The summed E-state index contributed by atoms with van der Waals surface area (Å²) in [5, 5.41) is 2.87. The van der Waals surface area contributed by atoms with Crippen LogP contribution in [0.5, 0.6) is 11.5 Å². The number of anilines is 1. The van der Waals surface area contributed by atoms with E-state index in [0.717, 1.165) is 4.47 Å². The maximum absolute atomic E-state index is 12.8. The number of carbonyl (C=O) groups excluding carboxylic acids is 1. The Morgan fingerprint density at radius 2 is 2.00 bits per heavy atom. The average molecular weight is 390 g/mol. The number of halogens is 1. The van der Waals surface area contributed by atoms with Crippen LogP contribution in [-0.2, 0) is 0 Å². The average Bonchev–Trinajstić information content (AvgIpc) is 2.89. The van der Waals surface area contributed by atoms with Crippen LogP contribution in [-0.4, -0.2) is 29.5 Å². The number of fused-ring (bicyclic) bond motifs is 1. The first-order chi connectivity index (χ1) is 11.5. The zero-order chi connectivity index (χ0) is 17.3. The van der Waals surface area contributed by atoms with Crippen molar-refractivity contribution in [1.29, 1.82) is 0 Å². The number of aryl methyl sites for hydroxylation is 1. The lowest BCUT2D eigenvalue weighted by atomic mass is 10.2. The number of aromatic nitrogens is 2. The van der Waals surface area contributed by atoms with E-state index in [0.29, 0.717) is 34.2 Å². The van der Waals surface area contributed by atoms with Crippen molar-refractivity contribution in [3.8, 4) is 11.5 Å². The number of ether oxygens (including phenoxy) is 2. The van der Waals surface area contributed by atoms with Crippen LogP contribution in [0, 0.1) is 6.92 Å². The van der Waals surface area contributed by atoms with E-state index >= 15 is 0 Å². The molecular formula is C17H16BrN3O3. The molecule has 1 aromatic carbocycles. The summed E-state index contributed by atoms with van der Waals surface area (Å²) in [7, 11) is 3.12. The number of carbonyl (C=O) groups is 1. The molecule has 1 N–H and O–H groups in total. The van der Waals surface area contributed by atoms with Crippen molar-refractivity contribution in [2.75, 3.05) is 19.5 Å². The summed E-state index contributed by atoms with van der Waals surface area (Å²) in [4.78, 5) is 17.2. The maximum Gasteiger partial charge on any atom is 0.274 e. The van der Waals surface area contributed by atoms with E-state index in [2.05, 4.69) is 26.2 Å². The molecule has 2 heterocycles. The molecule has 0 atom stereocenters. The fourth-order valence-electron chi connectivity index (χ4n) is 2.50. The van der Waals surface area contributed by atoms with E-state index in [4.69, 9.17) is 9.47 Å². The smallest absolute Gasteiger partial charge is 0.274 e. The summed E-state index contributed by atoms with van der Waals surface area (Å²) in [6.07, 6.45) is 1.81. The second-order valence-corrected chi connectivity index (χ2v) is 6.06. The van der Waals surface area contributed by atoms with Crippen LogP contribution in [0.3, 0.4) is 0 Å².